The predicted molar refractivity (Wildman–Crippen MR) is 111 cm³/mol. The van der Waals surface area contributed by atoms with Crippen LogP contribution in [-0.4, -0.2) is 42.9 Å². The van der Waals surface area contributed by atoms with Gasteiger partial charge in [0, 0.05) is 43.3 Å². The molecule has 1 aliphatic heterocycles. The number of rotatable bonds is 4. The lowest BCUT2D eigenvalue weighted by Crippen LogP contribution is -2.46. The Morgan fingerprint density at radius 2 is 1.64 bits per heavy atom. The molecule has 2 aromatic rings. The molecule has 5 nitrogen and oxygen atoms in total. The molecule has 0 spiro atoms. The van der Waals surface area contributed by atoms with Gasteiger partial charge in [-0.3, -0.25) is 9.59 Å². The van der Waals surface area contributed by atoms with Crippen molar-refractivity contribution in [1.82, 2.24) is 10.2 Å². The predicted octanol–water partition coefficient (Wildman–Crippen LogP) is 3.53. The summed E-state index contributed by atoms with van der Waals surface area (Å²) in [5.41, 5.74) is 3.62. The summed E-state index contributed by atoms with van der Waals surface area (Å²) in [5, 5.41) is 6.33. The Kier molecular flexibility index (Phi) is 5.72. The molecule has 0 aromatic heterocycles. The lowest BCUT2D eigenvalue weighted by Gasteiger charge is -2.27. The van der Waals surface area contributed by atoms with Crippen LogP contribution in [0, 0.1) is 5.92 Å². The van der Waals surface area contributed by atoms with Gasteiger partial charge in [-0.1, -0.05) is 37.1 Å². The number of benzene rings is 2. The first-order valence-corrected chi connectivity index (χ1v) is 10.2. The molecule has 1 saturated heterocycles. The van der Waals surface area contributed by atoms with Gasteiger partial charge in [0.15, 0.2) is 0 Å². The van der Waals surface area contributed by atoms with E-state index < -0.39 is 0 Å². The maximum absolute atomic E-state index is 12.6. The van der Waals surface area contributed by atoms with Crippen LogP contribution < -0.4 is 10.6 Å². The summed E-state index contributed by atoms with van der Waals surface area (Å²) in [5.74, 6) is 0.371. The van der Waals surface area contributed by atoms with Crippen molar-refractivity contribution in [2.75, 3.05) is 31.5 Å². The van der Waals surface area contributed by atoms with E-state index in [2.05, 4.69) is 10.6 Å². The third-order valence-electron chi connectivity index (χ3n) is 5.73. The van der Waals surface area contributed by atoms with Crippen molar-refractivity contribution in [2.24, 2.45) is 5.92 Å². The number of hydrogen-bond donors (Lipinski definition) is 2. The first-order chi connectivity index (χ1) is 13.7. The smallest absolute Gasteiger partial charge is 0.253 e. The second-order valence-electron chi connectivity index (χ2n) is 7.67. The van der Waals surface area contributed by atoms with Crippen molar-refractivity contribution < 1.29 is 9.59 Å². The summed E-state index contributed by atoms with van der Waals surface area (Å²) in [6.45, 7) is 3.21. The van der Waals surface area contributed by atoms with Crippen LogP contribution >= 0.6 is 0 Å². The summed E-state index contributed by atoms with van der Waals surface area (Å²) in [7, 11) is 0. The molecule has 2 amide bonds. The van der Waals surface area contributed by atoms with E-state index >= 15 is 0 Å². The largest absolute Gasteiger partial charge is 0.336 e. The number of nitrogens with one attached hydrogen (secondary N) is 2. The topological polar surface area (TPSA) is 61.4 Å². The van der Waals surface area contributed by atoms with E-state index in [1.165, 1.54) is 0 Å². The SMILES string of the molecule is O=C(Nc1cccc(-c2ccc(C(=O)N3CCNCC3)cc2)c1)C1CCCC1. The molecular weight excluding hydrogens is 350 g/mol. The number of amides is 2. The van der Waals surface area contributed by atoms with Crippen LogP contribution in [0.2, 0.25) is 0 Å². The first kappa shape index (κ1) is 18.7. The summed E-state index contributed by atoms with van der Waals surface area (Å²) >= 11 is 0. The molecule has 1 aliphatic carbocycles. The highest BCUT2D eigenvalue weighted by Gasteiger charge is 2.22. The van der Waals surface area contributed by atoms with Gasteiger partial charge in [0.05, 0.1) is 0 Å². The van der Waals surface area contributed by atoms with Gasteiger partial charge in [-0.25, -0.2) is 0 Å². The number of carbonyl (C=O) groups is 2. The van der Waals surface area contributed by atoms with E-state index in [1.54, 1.807) is 0 Å². The van der Waals surface area contributed by atoms with Gasteiger partial charge < -0.3 is 15.5 Å². The van der Waals surface area contributed by atoms with Crippen LogP contribution in [0.1, 0.15) is 36.0 Å². The standard InChI is InChI=1S/C23H27N3O2/c27-22(18-4-1-2-5-18)25-21-7-3-6-20(16-21)17-8-10-19(11-9-17)23(28)26-14-12-24-13-15-26/h3,6-11,16,18,24H,1-2,4-5,12-15H2,(H,25,27). The monoisotopic (exact) mass is 377 g/mol. The van der Waals surface area contributed by atoms with E-state index in [9.17, 15) is 9.59 Å². The Morgan fingerprint density at radius 3 is 2.36 bits per heavy atom. The molecule has 0 atom stereocenters. The minimum atomic E-state index is 0.0885. The average Bonchev–Trinajstić information content (AvgIpc) is 3.29. The normalized spacial score (nSPS) is 17.5. The van der Waals surface area contributed by atoms with Crippen molar-refractivity contribution in [1.29, 1.82) is 0 Å². The van der Waals surface area contributed by atoms with Crippen molar-refractivity contribution in [2.45, 2.75) is 25.7 Å². The average molecular weight is 377 g/mol. The Bertz CT molecular complexity index is 835. The highest BCUT2D eigenvalue weighted by Crippen LogP contribution is 2.27. The molecular formula is C23H27N3O2. The maximum Gasteiger partial charge on any atom is 0.253 e. The highest BCUT2D eigenvalue weighted by molar-refractivity contribution is 5.95. The number of piperazine rings is 1. The van der Waals surface area contributed by atoms with E-state index in [0.29, 0.717) is 0 Å². The van der Waals surface area contributed by atoms with Crippen LogP contribution in [0.4, 0.5) is 5.69 Å². The van der Waals surface area contributed by atoms with Gasteiger partial charge in [-0.2, -0.15) is 0 Å². The molecule has 146 valence electrons. The fourth-order valence-corrected chi connectivity index (χ4v) is 4.06. The highest BCUT2D eigenvalue weighted by atomic mass is 16.2. The molecule has 0 unspecified atom stereocenters. The fourth-order valence-electron chi connectivity index (χ4n) is 4.06. The molecule has 0 radical (unpaired) electrons. The lowest BCUT2D eigenvalue weighted by molar-refractivity contribution is -0.119. The second kappa shape index (κ2) is 8.57. The zero-order valence-corrected chi connectivity index (χ0v) is 16.1. The van der Waals surface area contributed by atoms with Crippen LogP contribution in [0.5, 0.6) is 0 Å². The third-order valence-corrected chi connectivity index (χ3v) is 5.73. The van der Waals surface area contributed by atoms with Crippen LogP contribution in [0.3, 0.4) is 0 Å². The van der Waals surface area contributed by atoms with Crippen molar-refractivity contribution in [3.8, 4) is 11.1 Å². The van der Waals surface area contributed by atoms with Gasteiger partial charge in [0.25, 0.3) is 5.91 Å². The number of hydrogen-bond acceptors (Lipinski definition) is 3. The molecule has 2 aliphatic rings. The van der Waals surface area contributed by atoms with E-state index in [4.69, 9.17) is 0 Å². The van der Waals surface area contributed by atoms with Crippen molar-refractivity contribution >= 4 is 17.5 Å². The summed E-state index contributed by atoms with van der Waals surface area (Å²) in [4.78, 5) is 26.9. The Morgan fingerprint density at radius 1 is 0.929 bits per heavy atom. The number of nitrogens with zero attached hydrogens (tertiary/aromatic N) is 1. The molecule has 1 saturated carbocycles. The molecule has 28 heavy (non-hydrogen) atoms. The van der Waals surface area contributed by atoms with Gasteiger partial charge in [-0.05, 0) is 48.2 Å². The van der Waals surface area contributed by atoms with Gasteiger partial charge in [-0.15, -0.1) is 0 Å². The minimum absolute atomic E-state index is 0.0885. The van der Waals surface area contributed by atoms with E-state index in [1.807, 2.05) is 53.4 Å². The molecule has 2 aromatic carbocycles. The van der Waals surface area contributed by atoms with Crippen LogP contribution in [0.25, 0.3) is 11.1 Å². The van der Waals surface area contributed by atoms with Crippen molar-refractivity contribution in [3.05, 3.63) is 54.1 Å². The molecule has 0 bridgehead atoms. The Hall–Kier alpha value is -2.66. The second-order valence-corrected chi connectivity index (χ2v) is 7.67. The Labute approximate surface area is 166 Å². The lowest BCUT2D eigenvalue weighted by atomic mass is 10.0. The number of anilines is 1. The van der Waals surface area contributed by atoms with Gasteiger partial charge >= 0.3 is 0 Å². The minimum Gasteiger partial charge on any atom is -0.336 e. The van der Waals surface area contributed by atoms with Crippen LogP contribution in [0.15, 0.2) is 48.5 Å². The molecule has 4 rings (SSSR count). The van der Waals surface area contributed by atoms with E-state index in [-0.39, 0.29) is 17.7 Å². The van der Waals surface area contributed by atoms with E-state index in [0.717, 1.165) is 74.2 Å². The number of carbonyl (C=O) groups excluding carboxylic acids is 2. The zero-order valence-electron chi connectivity index (χ0n) is 16.1. The summed E-state index contributed by atoms with van der Waals surface area (Å²) in [6.07, 6.45) is 4.29. The maximum atomic E-state index is 12.6. The molecule has 1 heterocycles. The summed E-state index contributed by atoms with van der Waals surface area (Å²) < 4.78 is 0. The van der Waals surface area contributed by atoms with Gasteiger partial charge in [0.1, 0.15) is 0 Å². The summed E-state index contributed by atoms with van der Waals surface area (Å²) in [6, 6.07) is 15.7. The first-order valence-electron chi connectivity index (χ1n) is 10.2. The Balaban J connectivity index is 1.45. The molecule has 2 N–H and O–H groups in total. The fraction of sp³-hybridized carbons (Fsp3) is 0.391. The van der Waals surface area contributed by atoms with Crippen molar-refractivity contribution in [3.63, 3.8) is 0 Å². The molecule has 5 heteroatoms. The van der Waals surface area contributed by atoms with Gasteiger partial charge in [0.2, 0.25) is 5.91 Å². The third kappa shape index (κ3) is 4.25. The molecule has 2 fully saturated rings. The zero-order chi connectivity index (χ0) is 19.3. The quantitative estimate of drug-likeness (QED) is 0.857. The van der Waals surface area contributed by atoms with Crippen LogP contribution in [-0.2, 0) is 4.79 Å².